The summed E-state index contributed by atoms with van der Waals surface area (Å²) < 4.78 is 26.9. The lowest BCUT2D eigenvalue weighted by molar-refractivity contribution is 0.410. The summed E-state index contributed by atoms with van der Waals surface area (Å²) in [5, 5.41) is 3.29. The van der Waals surface area contributed by atoms with Crippen LogP contribution in [0.5, 0.6) is 0 Å². The molecule has 0 unspecified atom stereocenters. The maximum Gasteiger partial charge on any atom is 0.245 e. The van der Waals surface area contributed by atoms with E-state index in [0.717, 1.165) is 4.88 Å². The van der Waals surface area contributed by atoms with Crippen molar-refractivity contribution in [2.45, 2.75) is 51.2 Å². The lowest BCUT2D eigenvalue weighted by Crippen LogP contribution is -2.33. The SMILES string of the molecule is CC(C)NCc1cc(S(=O)(=O)N(C)C(C)C)c(Br)s1. The van der Waals surface area contributed by atoms with E-state index in [0.29, 0.717) is 21.3 Å². The van der Waals surface area contributed by atoms with Gasteiger partial charge in [-0.3, -0.25) is 0 Å². The van der Waals surface area contributed by atoms with Crippen LogP contribution < -0.4 is 5.32 Å². The molecule has 110 valence electrons. The molecule has 0 saturated carbocycles. The van der Waals surface area contributed by atoms with Crippen LogP contribution in [0.1, 0.15) is 32.6 Å². The number of hydrogen-bond acceptors (Lipinski definition) is 4. The molecule has 1 N–H and O–H groups in total. The van der Waals surface area contributed by atoms with Crippen LogP contribution in [0.15, 0.2) is 14.7 Å². The Balaban J connectivity index is 3.02. The number of nitrogens with one attached hydrogen (secondary N) is 1. The first kappa shape index (κ1) is 17.1. The number of hydrogen-bond donors (Lipinski definition) is 1. The topological polar surface area (TPSA) is 49.4 Å². The highest BCUT2D eigenvalue weighted by Gasteiger charge is 2.27. The zero-order chi connectivity index (χ0) is 14.8. The summed E-state index contributed by atoms with van der Waals surface area (Å²) in [7, 11) is -1.81. The van der Waals surface area contributed by atoms with Gasteiger partial charge >= 0.3 is 0 Å². The second kappa shape index (κ2) is 6.67. The normalized spacial score (nSPS) is 12.9. The van der Waals surface area contributed by atoms with Gasteiger partial charge in [-0.1, -0.05) is 13.8 Å². The van der Waals surface area contributed by atoms with E-state index in [1.54, 1.807) is 13.1 Å². The first-order valence-corrected chi connectivity index (χ1v) is 9.20. The van der Waals surface area contributed by atoms with Crippen molar-refractivity contribution < 1.29 is 8.42 Å². The van der Waals surface area contributed by atoms with E-state index < -0.39 is 10.0 Å². The number of sulfonamides is 1. The number of nitrogens with zero attached hydrogens (tertiary/aromatic N) is 1. The third-order valence-corrected chi connectivity index (χ3v) is 7.06. The molecule has 1 aromatic rings. The molecule has 4 nitrogen and oxygen atoms in total. The van der Waals surface area contributed by atoms with Gasteiger partial charge in [-0.05, 0) is 35.8 Å². The van der Waals surface area contributed by atoms with Crippen molar-refractivity contribution in [1.29, 1.82) is 0 Å². The fourth-order valence-corrected chi connectivity index (χ4v) is 5.35. The monoisotopic (exact) mass is 368 g/mol. The average molecular weight is 369 g/mol. The van der Waals surface area contributed by atoms with Gasteiger partial charge in [0.2, 0.25) is 10.0 Å². The molecule has 1 aromatic heterocycles. The van der Waals surface area contributed by atoms with Crippen LogP contribution in [0.2, 0.25) is 0 Å². The lowest BCUT2D eigenvalue weighted by Gasteiger charge is -2.20. The van der Waals surface area contributed by atoms with Gasteiger partial charge in [0.05, 0.1) is 3.79 Å². The molecule has 0 bridgehead atoms. The highest BCUT2D eigenvalue weighted by molar-refractivity contribution is 9.11. The maximum atomic E-state index is 12.4. The first-order valence-electron chi connectivity index (χ1n) is 6.16. The lowest BCUT2D eigenvalue weighted by atomic mass is 10.4. The molecule has 19 heavy (non-hydrogen) atoms. The minimum absolute atomic E-state index is 0.0611. The van der Waals surface area contributed by atoms with Gasteiger partial charge in [-0.2, -0.15) is 4.31 Å². The Hall–Kier alpha value is 0.0500. The van der Waals surface area contributed by atoms with E-state index in [2.05, 4.69) is 35.1 Å². The van der Waals surface area contributed by atoms with Crippen molar-refractivity contribution >= 4 is 37.3 Å². The zero-order valence-corrected chi connectivity index (χ0v) is 15.1. The van der Waals surface area contributed by atoms with Crippen LogP contribution in [0.25, 0.3) is 0 Å². The summed E-state index contributed by atoms with van der Waals surface area (Å²) >= 11 is 4.82. The molecule has 0 radical (unpaired) electrons. The van der Waals surface area contributed by atoms with Gasteiger partial charge in [0.15, 0.2) is 0 Å². The van der Waals surface area contributed by atoms with Crippen molar-refractivity contribution in [1.82, 2.24) is 9.62 Å². The largest absolute Gasteiger partial charge is 0.310 e. The Bertz CT molecular complexity index is 524. The molecule has 0 aliphatic heterocycles. The van der Waals surface area contributed by atoms with Gasteiger partial charge in [0.25, 0.3) is 0 Å². The Morgan fingerprint density at radius 1 is 1.37 bits per heavy atom. The highest BCUT2D eigenvalue weighted by atomic mass is 79.9. The van der Waals surface area contributed by atoms with Crippen molar-refractivity contribution in [3.8, 4) is 0 Å². The third-order valence-electron chi connectivity index (χ3n) is 2.78. The highest BCUT2D eigenvalue weighted by Crippen LogP contribution is 2.33. The number of halogens is 1. The molecule has 0 spiro atoms. The van der Waals surface area contributed by atoms with Gasteiger partial charge < -0.3 is 5.32 Å². The van der Waals surface area contributed by atoms with Gasteiger partial charge in [-0.15, -0.1) is 11.3 Å². The zero-order valence-electron chi connectivity index (χ0n) is 11.9. The Morgan fingerprint density at radius 3 is 2.42 bits per heavy atom. The van der Waals surface area contributed by atoms with Crippen molar-refractivity contribution in [3.05, 3.63) is 14.7 Å². The number of thiophene rings is 1. The molecule has 0 aliphatic rings. The predicted octanol–water partition coefficient (Wildman–Crippen LogP) is 3.04. The summed E-state index contributed by atoms with van der Waals surface area (Å²) in [6.07, 6.45) is 0. The molecular weight excluding hydrogens is 348 g/mol. The summed E-state index contributed by atoms with van der Waals surface area (Å²) in [5.41, 5.74) is 0. The maximum absolute atomic E-state index is 12.4. The predicted molar refractivity (Wildman–Crippen MR) is 84.1 cm³/mol. The van der Waals surface area contributed by atoms with Crippen LogP contribution in [0.4, 0.5) is 0 Å². The third kappa shape index (κ3) is 4.26. The van der Waals surface area contributed by atoms with E-state index in [-0.39, 0.29) is 6.04 Å². The molecule has 7 heteroatoms. The molecule has 0 aromatic carbocycles. The smallest absolute Gasteiger partial charge is 0.245 e. The van der Waals surface area contributed by atoms with E-state index in [4.69, 9.17) is 0 Å². The summed E-state index contributed by atoms with van der Waals surface area (Å²) in [4.78, 5) is 1.37. The van der Waals surface area contributed by atoms with Gasteiger partial charge in [0.1, 0.15) is 4.90 Å². The Morgan fingerprint density at radius 2 is 1.95 bits per heavy atom. The van der Waals surface area contributed by atoms with E-state index in [9.17, 15) is 8.42 Å². The fourth-order valence-electron chi connectivity index (χ4n) is 1.40. The average Bonchev–Trinajstić information content (AvgIpc) is 2.67. The molecule has 0 fully saturated rings. The van der Waals surface area contributed by atoms with Crippen LogP contribution in [-0.2, 0) is 16.6 Å². The number of rotatable bonds is 6. The summed E-state index contributed by atoms with van der Waals surface area (Å²) in [5.74, 6) is 0. The van der Waals surface area contributed by atoms with Gasteiger partial charge in [0, 0.05) is 30.6 Å². The van der Waals surface area contributed by atoms with E-state index in [1.165, 1.54) is 15.6 Å². The first-order chi connectivity index (χ1) is 8.66. The summed E-state index contributed by atoms with van der Waals surface area (Å²) in [6, 6.07) is 2.06. The van der Waals surface area contributed by atoms with Crippen molar-refractivity contribution in [2.75, 3.05) is 7.05 Å². The standard InChI is InChI=1S/C12H21BrN2O2S2/c1-8(2)14-7-10-6-11(12(13)18-10)19(16,17)15(5)9(3)4/h6,8-9,14H,7H2,1-5H3. The Labute approximate surface area is 128 Å². The molecule has 0 atom stereocenters. The summed E-state index contributed by atoms with van der Waals surface area (Å²) in [6.45, 7) is 8.53. The second-order valence-electron chi connectivity index (χ2n) is 5.00. The van der Waals surface area contributed by atoms with Crippen LogP contribution >= 0.6 is 27.3 Å². The fraction of sp³-hybridized carbons (Fsp3) is 0.667. The second-order valence-corrected chi connectivity index (χ2v) is 9.42. The van der Waals surface area contributed by atoms with Crippen LogP contribution in [-0.4, -0.2) is 31.9 Å². The minimum atomic E-state index is -3.42. The van der Waals surface area contributed by atoms with Crippen molar-refractivity contribution in [2.24, 2.45) is 0 Å². The van der Waals surface area contributed by atoms with E-state index in [1.807, 2.05) is 13.8 Å². The van der Waals surface area contributed by atoms with Gasteiger partial charge in [-0.25, -0.2) is 8.42 Å². The molecule has 1 rings (SSSR count). The molecular formula is C12H21BrN2O2S2. The molecule has 0 saturated heterocycles. The Kier molecular flexibility index (Phi) is 6.00. The molecule has 1 heterocycles. The van der Waals surface area contributed by atoms with Crippen LogP contribution in [0, 0.1) is 0 Å². The quantitative estimate of drug-likeness (QED) is 0.839. The molecule has 0 amide bonds. The minimum Gasteiger partial charge on any atom is -0.310 e. The van der Waals surface area contributed by atoms with E-state index >= 15 is 0 Å². The molecule has 0 aliphatic carbocycles. The van der Waals surface area contributed by atoms with Crippen LogP contribution in [0.3, 0.4) is 0 Å². The van der Waals surface area contributed by atoms with Crippen molar-refractivity contribution in [3.63, 3.8) is 0 Å².